The summed E-state index contributed by atoms with van der Waals surface area (Å²) in [6, 6.07) is 16.6. The van der Waals surface area contributed by atoms with Crippen molar-refractivity contribution in [1.29, 1.82) is 0 Å². The van der Waals surface area contributed by atoms with Gasteiger partial charge in [-0.2, -0.15) is 0 Å². The number of hydrogen-bond donors (Lipinski definition) is 1. The lowest BCUT2D eigenvalue weighted by molar-refractivity contribution is 0.0953. The smallest absolute Gasteiger partial charge is 0.252 e. The van der Waals surface area contributed by atoms with Crippen molar-refractivity contribution in [2.24, 2.45) is 0 Å². The van der Waals surface area contributed by atoms with Crippen LogP contribution in [0.1, 0.15) is 16.1 Å². The molecule has 0 radical (unpaired) electrons. The number of carbonyl (C=O) groups is 1. The number of ether oxygens (including phenoxy) is 1. The summed E-state index contributed by atoms with van der Waals surface area (Å²) < 4.78 is 6.58. The molecule has 1 aromatic carbocycles. The first-order valence-electron chi connectivity index (χ1n) is 7.78. The van der Waals surface area contributed by atoms with E-state index in [2.05, 4.69) is 31.2 Å². The predicted molar refractivity (Wildman–Crippen MR) is 98.7 cm³/mol. The standard InChI is InChI=1S/C19H16BrN3O2/c20-15-4-3-6-17(12-15)25-18-8-7-14(13-23-18)19(24)22-11-9-16-5-1-2-10-21-16/h1-8,10,12-13H,9,11H2,(H,22,24). The molecule has 0 unspecified atom stereocenters. The van der Waals surface area contributed by atoms with Crippen molar-refractivity contribution in [2.45, 2.75) is 6.42 Å². The van der Waals surface area contributed by atoms with Crippen LogP contribution in [-0.2, 0) is 6.42 Å². The molecule has 1 N–H and O–H groups in total. The molecular formula is C19H16BrN3O2. The molecule has 3 aromatic rings. The maximum absolute atomic E-state index is 12.1. The van der Waals surface area contributed by atoms with E-state index in [4.69, 9.17) is 4.74 Å². The molecule has 0 fully saturated rings. The van der Waals surface area contributed by atoms with Gasteiger partial charge in [-0.1, -0.05) is 28.1 Å². The van der Waals surface area contributed by atoms with E-state index in [9.17, 15) is 4.79 Å². The molecule has 126 valence electrons. The fraction of sp³-hybridized carbons (Fsp3) is 0.105. The number of nitrogens with zero attached hydrogens (tertiary/aromatic N) is 2. The average molecular weight is 398 g/mol. The fourth-order valence-electron chi connectivity index (χ4n) is 2.18. The highest BCUT2D eigenvalue weighted by molar-refractivity contribution is 9.10. The molecule has 0 bridgehead atoms. The zero-order valence-corrected chi connectivity index (χ0v) is 14.9. The van der Waals surface area contributed by atoms with E-state index >= 15 is 0 Å². The van der Waals surface area contributed by atoms with Crippen LogP contribution in [-0.4, -0.2) is 22.4 Å². The van der Waals surface area contributed by atoms with Crippen molar-refractivity contribution in [1.82, 2.24) is 15.3 Å². The third kappa shape index (κ3) is 5.12. The molecule has 1 amide bonds. The van der Waals surface area contributed by atoms with Crippen molar-refractivity contribution < 1.29 is 9.53 Å². The molecule has 2 aromatic heterocycles. The lowest BCUT2D eigenvalue weighted by atomic mass is 10.2. The van der Waals surface area contributed by atoms with Crippen molar-refractivity contribution in [3.05, 3.63) is 82.7 Å². The maximum Gasteiger partial charge on any atom is 0.252 e. The number of aromatic nitrogens is 2. The van der Waals surface area contributed by atoms with Gasteiger partial charge in [0, 0.05) is 41.6 Å². The SMILES string of the molecule is O=C(NCCc1ccccn1)c1ccc(Oc2cccc(Br)c2)nc1. The van der Waals surface area contributed by atoms with Gasteiger partial charge in [-0.05, 0) is 36.4 Å². The minimum atomic E-state index is -0.169. The Kier molecular flexibility index (Phi) is 5.74. The summed E-state index contributed by atoms with van der Waals surface area (Å²) in [5, 5.41) is 2.86. The third-order valence-electron chi connectivity index (χ3n) is 3.41. The summed E-state index contributed by atoms with van der Waals surface area (Å²) in [4.78, 5) is 20.5. The van der Waals surface area contributed by atoms with Gasteiger partial charge in [0.15, 0.2) is 0 Å². The Morgan fingerprint density at radius 2 is 2.00 bits per heavy atom. The molecule has 0 saturated carbocycles. The molecule has 0 aliphatic rings. The predicted octanol–water partition coefficient (Wildman–Crippen LogP) is 4.00. The van der Waals surface area contributed by atoms with Gasteiger partial charge in [-0.25, -0.2) is 4.98 Å². The first-order valence-corrected chi connectivity index (χ1v) is 8.57. The van der Waals surface area contributed by atoms with Crippen LogP contribution >= 0.6 is 15.9 Å². The highest BCUT2D eigenvalue weighted by Crippen LogP contribution is 2.22. The fourth-order valence-corrected chi connectivity index (χ4v) is 2.56. The first-order chi connectivity index (χ1) is 12.2. The van der Waals surface area contributed by atoms with E-state index in [1.54, 1.807) is 18.3 Å². The van der Waals surface area contributed by atoms with E-state index in [0.29, 0.717) is 30.2 Å². The number of amides is 1. The van der Waals surface area contributed by atoms with Crippen LogP contribution in [0.3, 0.4) is 0 Å². The van der Waals surface area contributed by atoms with Crippen molar-refractivity contribution in [3.8, 4) is 11.6 Å². The first kappa shape index (κ1) is 17.1. The van der Waals surface area contributed by atoms with Crippen LogP contribution in [0.25, 0.3) is 0 Å². The summed E-state index contributed by atoms with van der Waals surface area (Å²) >= 11 is 3.39. The van der Waals surface area contributed by atoms with Crippen molar-refractivity contribution in [2.75, 3.05) is 6.54 Å². The number of hydrogen-bond acceptors (Lipinski definition) is 4. The molecule has 3 rings (SSSR count). The summed E-state index contributed by atoms with van der Waals surface area (Å²) in [5.74, 6) is 0.940. The molecule has 5 nitrogen and oxygen atoms in total. The Labute approximate surface area is 154 Å². The van der Waals surface area contributed by atoms with Gasteiger partial charge in [0.25, 0.3) is 5.91 Å². The Bertz CT molecular complexity index is 839. The van der Waals surface area contributed by atoms with E-state index < -0.39 is 0 Å². The maximum atomic E-state index is 12.1. The lowest BCUT2D eigenvalue weighted by Gasteiger charge is -2.07. The molecule has 0 spiro atoms. The van der Waals surface area contributed by atoms with E-state index in [-0.39, 0.29) is 5.91 Å². The van der Waals surface area contributed by atoms with Gasteiger partial charge in [0.05, 0.1) is 5.56 Å². The van der Waals surface area contributed by atoms with E-state index in [1.165, 1.54) is 6.20 Å². The van der Waals surface area contributed by atoms with Gasteiger partial charge in [-0.3, -0.25) is 9.78 Å². The summed E-state index contributed by atoms with van der Waals surface area (Å²) in [6.45, 7) is 0.520. The molecule has 25 heavy (non-hydrogen) atoms. The Morgan fingerprint density at radius 1 is 1.08 bits per heavy atom. The van der Waals surface area contributed by atoms with Gasteiger partial charge < -0.3 is 10.1 Å². The molecule has 0 atom stereocenters. The zero-order valence-electron chi connectivity index (χ0n) is 13.4. The largest absolute Gasteiger partial charge is 0.439 e. The highest BCUT2D eigenvalue weighted by atomic mass is 79.9. The van der Waals surface area contributed by atoms with Crippen LogP contribution in [0.15, 0.2) is 71.5 Å². The van der Waals surface area contributed by atoms with Gasteiger partial charge in [0.1, 0.15) is 5.75 Å². The van der Waals surface area contributed by atoms with Gasteiger partial charge in [-0.15, -0.1) is 0 Å². The summed E-state index contributed by atoms with van der Waals surface area (Å²) in [7, 11) is 0. The quantitative estimate of drug-likeness (QED) is 0.682. The van der Waals surface area contributed by atoms with Gasteiger partial charge >= 0.3 is 0 Å². The Hall–Kier alpha value is -2.73. The number of halogens is 1. The van der Waals surface area contributed by atoms with Crippen molar-refractivity contribution >= 4 is 21.8 Å². The van der Waals surface area contributed by atoms with Crippen LogP contribution in [0.2, 0.25) is 0 Å². The second-order valence-corrected chi connectivity index (χ2v) is 6.19. The minimum absolute atomic E-state index is 0.169. The number of pyridine rings is 2. The topological polar surface area (TPSA) is 64.1 Å². The second-order valence-electron chi connectivity index (χ2n) is 5.27. The number of carbonyl (C=O) groups excluding carboxylic acids is 1. The summed E-state index contributed by atoms with van der Waals surface area (Å²) in [5.41, 5.74) is 1.43. The molecule has 0 aliphatic heterocycles. The number of rotatable bonds is 6. The lowest BCUT2D eigenvalue weighted by Crippen LogP contribution is -2.25. The summed E-state index contributed by atoms with van der Waals surface area (Å²) in [6.07, 6.45) is 3.93. The molecule has 2 heterocycles. The van der Waals surface area contributed by atoms with E-state index in [1.807, 2.05) is 42.5 Å². The zero-order chi connectivity index (χ0) is 17.5. The normalized spacial score (nSPS) is 10.3. The Balaban J connectivity index is 1.53. The molecule has 0 aliphatic carbocycles. The van der Waals surface area contributed by atoms with Crippen LogP contribution in [0.5, 0.6) is 11.6 Å². The minimum Gasteiger partial charge on any atom is -0.439 e. The van der Waals surface area contributed by atoms with Crippen LogP contribution < -0.4 is 10.1 Å². The molecule has 0 saturated heterocycles. The Morgan fingerprint density at radius 3 is 2.72 bits per heavy atom. The number of nitrogens with one attached hydrogen (secondary N) is 1. The van der Waals surface area contributed by atoms with E-state index in [0.717, 1.165) is 10.2 Å². The molecule has 6 heteroatoms. The highest BCUT2D eigenvalue weighted by Gasteiger charge is 2.07. The van der Waals surface area contributed by atoms with Crippen LogP contribution in [0, 0.1) is 0 Å². The van der Waals surface area contributed by atoms with Gasteiger partial charge in [0.2, 0.25) is 5.88 Å². The monoisotopic (exact) mass is 397 g/mol. The van der Waals surface area contributed by atoms with Crippen LogP contribution in [0.4, 0.5) is 0 Å². The average Bonchev–Trinajstić information content (AvgIpc) is 2.63. The number of benzene rings is 1. The second kappa shape index (κ2) is 8.39. The molecular weight excluding hydrogens is 382 g/mol. The third-order valence-corrected chi connectivity index (χ3v) is 3.90. The van der Waals surface area contributed by atoms with Crippen molar-refractivity contribution in [3.63, 3.8) is 0 Å².